The number of fused-ring (bicyclic) bond motifs is 2. The normalized spacial score (nSPS) is 14.0. The maximum atomic E-state index is 12.8. The van der Waals surface area contributed by atoms with Gasteiger partial charge in [-0.25, -0.2) is 4.98 Å². The van der Waals surface area contributed by atoms with Crippen LogP contribution in [0.15, 0.2) is 35.4 Å². The molecule has 4 rings (SSSR count). The van der Waals surface area contributed by atoms with Gasteiger partial charge < -0.3 is 10.2 Å². The number of rotatable bonds is 5. The minimum absolute atomic E-state index is 0.101. The van der Waals surface area contributed by atoms with Crippen molar-refractivity contribution in [3.8, 4) is 0 Å². The van der Waals surface area contributed by atoms with Gasteiger partial charge >= 0.3 is 0 Å². The molecular weight excluding hydrogens is 400 g/mol. The Labute approximate surface area is 178 Å². The number of hydrogen-bond donors (Lipinski definition) is 1. The number of nitrogens with one attached hydrogen (secondary N) is 1. The van der Waals surface area contributed by atoms with Crippen LogP contribution < -0.4 is 15.8 Å². The molecular formula is C22H24N4O3S. The van der Waals surface area contributed by atoms with E-state index in [-0.39, 0.29) is 30.3 Å². The lowest BCUT2D eigenvalue weighted by atomic mass is 10.2. The lowest BCUT2D eigenvalue weighted by Gasteiger charge is -2.22. The third kappa shape index (κ3) is 3.63. The summed E-state index contributed by atoms with van der Waals surface area (Å²) in [6.07, 6.45) is 2.41. The molecule has 1 aliphatic rings. The van der Waals surface area contributed by atoms with Gasteiger partial charge in [0.25, 0.3) is 5.56 Å². The highest BCUT2D eigenvalue weighted by Gasteiger charge is 2.28. The SMILES string of the molecule is Cc1sc2ncn(CCC(=O)NC(C)C(=O)N3CCc4ccccc43)c(=O)c2c1C. The summed E-state index contributed by atoms with van der Waals surface area (Å²) >= 11 is 1.50. The van der Waals surface area contributed by atoms with Crippen molar-refractivity contribution in [1.29, 1.82) is 0 Å². The van der Waals surface area contributed by atoms with Gasteiger partial charge in [-0.2, -0.15) is 0 Å². The Hall–Kier alpha value is -3.00. The van der Waals surface area contributed by atoms with Crippen LogP contribution in [0.5, 0.6) is 0 Å². The third-order valence-corrected chi connectivity index (χ3v) is 6.75. The van der Waals surface area contributed by atoms with Gasteiger partial charge in [-0.1, -0.05) is 18.2 Å². The van der Waals surface area contributed by atoms with Crippen molar-refractivity contribution in [1.82, 2.24) is 14.9 Å². The van der Waals surface area contributed by atoms with Gasteiger partial charge in [0.15, 0.2) is 0 Å². The first-order valence-corrected chi connectivity index (χ1v) is 10.8. The average molecular weight is 425 g/mol. The molecule has 8 heteroatoms. The average Bonchev–Trinajstić information content (AvgIpc) is 3.28. The molecule has 1 aliphatic heterocycles. The van der Waals surface area contributed by atoms with Gasteiger partial charge in [-0.05, 0) is 44.4 Å². The zero-order valence-electron chi connectivity index (χ0n) is 17.3. The lowest BCUT2D eigenvalue weighted by molar-refractivity contribution is -0.127. The molecule has 1 N–H and O–H groups in total. The van der Waals surface area contributed by atoms with Crippen molar-refractivity contribution >= 4 is 39.1 Å². The van der Waals surface area contributed by atoms with Crippen LogP contribution in [-0.4, -0.2) is 34.0 Å². The number of nitrogens with zero attached hydrogens (tertiary/aromatic N) is 3. The summed E-state index contributed by atoms with van der Waals surface area (Å²) in [5.74, 6) is -0.397. The molecule has 1 unspecified atom stereocenters. The Bertz CT molecular complexity index is 1200. The number of hydrogen-bond acceptors (Lipinski definition) is 5. The third-order valence-electron chi connectivity index (χ3n) is 5.64. The van der Waals surface area contributed by atoms with Crippen LogP contribution in [0.3, 0.4) is 0 Å². The van der Waals surface area contributed by atoms with E-state index in [0.717, 1.165) is 32.9 Å². The first-order chi connectivity index (χ1) is 14.4. The van der Waals surface area contributed by atoms with Gasteiger partial charge in [0.05, 0.1) is 11.7 Å². The fourth-order valence-electron chi connectivity index (χ4n) is 3.83. The predicted octanol–water partition coefficient (Wildman–Crippen LogP) is 2.56. The monoisotopic (exact) mass is 424 g/mol. The molecule has 1 atom stereocenters. The van der Waals surface area contributed by atoms with E-state index in [9.17, 15) is 14.4 Å². The number of thiophene rings is 1. The Morgan fingerprint density at radius 2 is 2.03 bits per heavy atom. The quantitative estimate of drug-likeness (QED) is 0.682. The molecule has 0 bridgehead atoms. The largest absolute Gasteiger partial charge is 0.345 e. The van der Waals surface area contributed by atoms with Gasteiger partial charge in [-0.3, -0.25) is 19.0 Å². The fourth-order valence-corrected chi connectivity index (χ4v) is 4.82. The summed E-state index contributed by atoms with van der Waals surface area (Å²) < 4.78 is 1.46. The molecule has 3 aromatic rings. The summed E-state index contributed by atoms with van der Waals surface area (Å²) in [6, 6.07) is 7.18. The molecule has 0 saturated heterocycles. The number of aryl methyl sites for hydroxylation is 3. The highest BCUT2D eigenvalue weighted by molar-refractivity contribution is 7.18. The maximum Gasteiger partial charge on any atom is 0.262 e. The van der Waals surface area contributed by atoms with Crippen LogP contribution in [0, 0.1) is 13.8 Å². The van der Waals surface area contributed by atoms with Gasteiger partial charge in [0.1, 0.15) is 10.9 Å². The highest BCUT2D eigenvalue weighted by Crippen LogP contribution is 2.28. The zero-order chi connectivity index (χ0) is 21.4. The summed E-state index contributed by atoms with van der Waals surface area (Å²) in [7, 11) is 0. The number of carbonyl (C=O) groups excluding carboxylic acids is 2. The minimum atomic E-state index is -0.636. The van der Waals surface area contributed by atoms with Crippen LogP contribution in [0.2, 0.25) is 0 Å². The van der Waals surface area contributed by atoms with Crippen LogP contribution in [0.1, 0.15) is 29.3 Å². The van der Waals surface area contributed by atoms with Crippen LogP contribution in [0.4, 0.5) is 5.69 Å². The molecule has 0 spiro atoms. The van der Waals surface area contributed by atoms with E-state index in [4.69, 9.17) is 0 Å². The van der Waals surface area contributed by atoms with Crippen molar-refractivity contribution in [3.63, 3.8) is 0 Å². The van der Waals surface area contributed by atoms with Crippen LogP contribution >= 0.6 is 11.3 Å². The van der Waals surface area contributed by atoms with E-state index < -0.39 is 6.04 Å². The van der Waals surface area contributed by atoms with Crippen molar-refractivity contribution in [2.24, 2.45) is 0 Å². The second-order valence-electron chi connectivity index (χ2n) is 7.61. The molecule has 0 fully saturated rings. The number of carbonyl (C=O) groups is 2. The number of benzene rings is 1. The molecule has 2 aromatic heterocycles. The molecule has 30 heavy (non-hydrogen) atoms. The van der Waals surface area contributed by atoms with Crippen molar-refractivity contribution in [2.75, 3.05) is 11.4 Å². The van der Waals surface area contributed by atoms with E-state index >= 15 is 0 Å². The summed E-state index contributed by atoms with van der Waals surface area (Å²) in [5.41, 5.74) is 2.87. The highest BCUT2D eigenvalue weighted by atomic mass is 32.1. The first-order valence-electron chi connectivity index (χ1n) is 10.0. The molecule has 0 aliphatic carbocycles. The van der Waals surface area contributed by atoms with E-state index in [1.807, 2.05) is 38.1 Å². The Morgan fingerprint density at radius 1 is 1.27 bits per heavy atom. The topological polar surface area (TPSA) is 84.3 Å². The second kappa shape index (κ2) is 8.02. The zero-order valence-corrected chi connectivity index (χ0v) is 18.1. The smallest absolute Gasteiger partial charge is 0.262 e. The molecule has 156 valence electrons. The van der Waals surface area contributed by atoms with Crippen molar-refractivity contribution in [2.45, 2.75) is 46.2 Å². The summed E-state index contributed by atoms with van der Waals surface area (Å²) in [5, 5.41) is 3.39. The molecule has 0 radical (unpaired) electrons. The maximum absolute atomic E-state index is 12.8. The molecule has 2 amide bonds. The van der Waals surface area contributed by atoms with Gasteiger partial charge in [0, 0.05) is 30.1 Å². The van der Waals surface area contributed by atoms with E-state index in [1.165, 1.54) is 22.2 Å². The van der Waals surface area contributed by atoms with Gasteiger partial charge in [0.2, 0.25) is 11.8 Å². The molecule has 1 aromatic carbocycles. The van der Waals surface area contributed by atoms with Crippen LogP contribution in [-0.2, 0) is 22.6 Å². The standard InChI is InChI=1S/C22H24N4O3S/c1-13-15(3)30-20-19(13)22(29)25(12-23-20)10-9-18(27)24-14(2)21(28)26-11-8-16-6-4-5-7-17(16)26/h4-7,12,14H,8-11H2,1-3H3,(H,24,27). The number of aromatic nitrogens is 2. The van der Waals surface area contributed by atoms with Crippen molar-refractivity contribution < 1.29 is 9.59 Å². The molecule has 0 saturated carbocycles. The summed E-state index contributed by atoms with van der Waals surface area (Å²) in [4.78, 5) is 45.8. The number of anilines is 1. The second-order valence-corrected chi connectivity index (χ2v) is 8.82. The fraction of sp³-hybridized carbons (Fsp3) is 0.364. The van der Waals surface area contributed by atoms with Gasteiger partial charge in [-0.15, -0.1) is 11.3 Å². The predicted molar refractivity (Wildman–Crippen MR) is 118 cm³/mol. The summed E-state index contributed by atoms with van der Waals surface area (Å²) in [6.45, 7) is 6.42. The lowest BCUT2D eigenvalue weighted by Crippen LogP contribution is -2.46. The molecule has 3 heterocycles. The first kappa shape index (κ1) is 20.3. The Morgan fingerprint density at radius 3 is 2.83 bits per heavy atom. The van der Waals surface area contributed by atoms with Crippen LogP contribution in [0.25, 0.3) is 10.2 Å². The minimum Gasteiger partial charge on any atom is -0.345 e. The number of para-hydroxylation sites is 1. The van der Waals surface area contributed by atoms with Crippen molar-refractivity contribution in [3.05, 3.63) is 57.0 Å². The Kier molecular flexibility index (Phi) is 5.42. The van der Waals surface area contributed by atoms with E-state index in [2.05, 4.69) is 10.3 Å². The number of amides is 2. The molecule has 7 nitrogen and oxygen atoms in total. The Balaban J connectivity index is 1.39. The van der Waals surface area contributed by atoms with E-state index in [0.29, 0.717) is 11.9 Å². The van der Waals surface area contributed by atoms with E-state index in [1.54, 1.807) is 11.8 Å².